The molecule has 8 nitrogen and oxygen atoms in total. The Hall–Kier alpha value is -4.07. The molecule has 0 spiro atoms. The third-order valence-corrected chi connectivity index (χ3v) is 6.62. The molecule has 0 radical (unpaired) electrons. The number of amides is 1. The molecule has 4 aromatic rings. The Morgan fingerprint density at radius 3 is 2.57 bits per heavy atom. The topological polar surface area (TPSA) is 78.6 Å². The molecule has 4 heterocycles. The molecular weight excluding hydrogens is 468 g/mol. The molecule has 1 aromatic carbocycles. The van der Waals surface area contributed by atoms with Crippen molar-refractivity contribution >= 4 is 17.1 Å². The standard InChI is InChI=1S/C29H32N4O4/c1-19-15-24-23(17-33(19)28(35)37-29(2,3)4)22-11-12-25(30-27(22)31(24)5)32-14-13-21(16-26(32)34)36-18-20-9-7-6-8-10-20/h6-14,16,19H,15,17-18H2,1-5H3. The fraction of sp³-hybridized carbons (Fsp3) is 0.345. The van der Waals surface area contributed by atoms with Crippen molar-refractivity contribution in [2.45, 2.75) is 58.9 Å². The Balaban J connectivity index is 1.42. The van der Waals surface area contributed by atoms with Crippen molar-refractivity contribution in [3.8, 4) is 11.6 Å². The number of fused-ring (bicyclic) bond motifs is 3. The van der Waals surface area contributed by atoms with Gasteiger partial charge in [-0.2, -0.15) is 0 Å². The van der Waals surface area contributed by atoms with Gasteiger partial charge in [0, 0.05) is 48.4 Å². The average molecular weight is 501 g/mol. The highest BCUT2D eigenvalue weighted by molar-refractivity contribution is 5.84. The van der Waals surface area contributed by atoms with Gasteiger partial charge in [0.15, 0.2) is 0 Å². The molecule has 0 aliphatic carbocycles. The summed E-state index contributed by atoms with van der Waals surface area (Å²) in [6, 6.07) is 16.9. The maximum atomic E-state index is 12.9. The fourth-order valence-corrected chi connectivity index (χ4v) is 4.75. The molecule has 0 fully saturated rings. The van der Waals surface area contributed by atoms with Crippen LogP contribution in [0.1, 0.15) is 44.5 Å². The molecule has 192 valence electrons. The average Bonchev–Trinajstić information content (AvgIpc) is 3.12. The van der Waals surface area contributed by atoms with Crippen LogP contribution in [-0.2, 0) is 31.4 Å². The second-order valence-corrected chi connectivity index (χ2v) is 10.5. The lowest BCUT2D eigenvalue weighted by Gasteiger charge is -2.35. The Kier molecular flexibility index (Phi) is 6.27. The van der Waals surface area contributed by atoms with Gasteiger partial charge in [-0.1, -0.05) is 30.3 Å². The van der Waals surface area contributed by atoms with Crippen LogP contribution in [-0.4, -0.2) is 36.8 Å². The van der Waals surface area contributed by atoms with E-state index in [2.05, 4.69) is 4.57 Å². The van der Waals surface area contributed by atoms with Gasteiger partial charge in [0.2, 0.25) is 0 Å². The van der Waals surface area contributed by atoms with Crippen molar-refractivity contribution in [2.75, 3.05) is 0 Å². The molecule has 1 aliphatic rings. The van der Waals surface area contributed by atoms with E-state index in [0.29, 0.717) is 31.1 Å². The molecule has 3 aromatic heterocycles. The summed E-state index contributed by atoms with van der Waals surface area (Å²) in [7, 11) is 1.98. The maximum absolute atomic E-state index is 12.9. The third kappa shape index (κ3) is 4.96. The van der Waals surface area contributed by atoms with Gasteiger partial charge in [0.25, 0.3) is 5.56 Å². The second kappa shape index (κ2) is 9.42. The predicted molar refractivity (Wildman–Crippen MR) is 142 cm³/mol. The predicted octanol–water partition coefficient (Wildman–Crippen LogP) is 4.98. The Labute approximate surface area is 216 Å². The Morgan fingerprint density at radius 2 is 1.86 bits per heavy atom. The van der Waals surface area contributed by atoms with Crippen molar-refractivity contribution in [1.29, 1.82) is 0 Å². The minimum absolute atomic E-state index is 0.00381. The van der Waals surface area contributed by atoms with E-state index in [1.165, 1.54) is 10.6 Å². The number of hydrogen-bond donors (Lipinski definition) is 0. The van der Waals surface area contributed by atoms with E-state index in [4.69, 9.17) is 14.5 Å². The summed E-state index contributed by atoms with van der Waals surface area (Å²) in [5, 5.41) is 0.970. The Bertz CT molecular complexity index is 1510. The van der Waals surface area contributed by atoms with Crippen LogP contribution in [0.25, 0.3) is 16.9 Å². The van der Waals surface area contributed by atoms with Crippen LogP contribution in [0.4, 0.5) is 4.79 Å². The van der Waals surface area contributed by atoms with Gasteiger partial charge in [0.05, 0.1) is 6.54 Å². The minimum Gasteiger partial charge on any atom is -0.489 e. The first kappa shape index (κ1) is 24.6. The maximum Gasteiger partial charge on any atom is 0.410 e. The van der Waals surface area contributed by atoms with Crippen molar-refractivity contribution in [3.63, 3.8) is 0 Å². The number of benzene rings is 1. The smallest absolute Gasteiger partial charge is 0.410 e. The first-order valence-electron chi connectivity index (χ1n) is 12.5. The molecule has 37 heavy (non-hydrogen) atoms. The number of carbonyl (C=O) groups excluding carboxylic acids is 1. The lowest BCUT2D eigenvalue weighted by Crippen LogP contribution is -2.45. The van der Waals surface area contributed by atoms with Crippen molar-refractivity contribution < 1.29 is 14.3 Å². The molecule has 1 amide bonds. The van der Waals surface area contributed by atoms with E-state index in [-0.39, 0.29) is 17.7 Å². The number of pyridine rings is 2. The molecule has 1 atom stereocenters. The summed E-state index contributed by atoms with van der Waals surface area (Å²) in [6.45, 7) is 8.50. The molecule has 0 saturated carbocycles. The number of ether oxygens (including phenoxy) is 2. The first-order valence-corrected chi connectivity index (χ1v) is 12.5. The molecule has 8 heteroatoms. The summed E-state index contributed by atoms with van der Waals surface area (Å²) in [4.78, 5) is 32.4. The van der Waals surface area contributed by atoms with Crippen molar-refractivity contribution in [3.05, 3.63) is 88.0 Å². The van der Waals surface area contributed by atoms with E-state index in [1.807, 2.05) is 77.2 Å². The van der Waals surface area contributed by atoms with Crippen LogP contribution in [0.5, 0.6) is 5.75 Å². The molecule has 1 aliphatic heterocycles. The SMILES string of the molecule is CC1Cc2c(c3ccc(-n4ccc(OCc5ccccc5)cc4=O)nc3n2C)CN1C(=O)OC(C)(C)C. The van der Waals surface area contributed by atoms with Crippen LogP contribution in [0.15, 0.2) is 65.6 Å². The van der Waals surface area contributed by atoms with Gasteiger partial charge in [-0.25, -0.2) is 9.78 Å². The normalized spacial score (nSPS) is 15.5. The zero-order valence-electron chi connectivity index (χ0n) is 21.9. The molecule has 0 N–H and O–H groups in total. The lowest BCUT2D eigenvalue weighted by atomic mass is 10.00. The number of nitrogens with zero attached hydrogens (tertiary/aromatic N) is 4. The summed E-state index contributed by atoms with van der Waals surface area (Å²) in [6.07, 6.45) is 2.07. The van der Waals surface area contributed by atoms with E-state index >= 15 is 0 Å². The summed E-state index contributed by atoms with van der Waals surface area (Å²) in [5.74, 6) is 1.04. The Morgan fingerprint density at radius 1 is 1.11 bits per heavy atom. The molecule has 0 saturated heterocycles. The molecular formula is C29H32N4O4. The zero-order valence-corrected chi connectivity index (χ0v) is 21.9. The van der Waals surface area contributed by atoms with Crippen LogP contribution in [0.2, 0.25) is 0 Å². The van der Waals surface area contributed by atoms with Crippen LogP contribution >= 0.6 is 0 Å². The highest BCUT2D eigenvalue weighted by Gasteiger charge is 2.33. The monoisotopic (exact) mass is 500 g/mol. The van der Waals surface area contributed by atoms with Crippen LogP contribution in [0, 0.1) is 0 Å². The number of aromatic nitrogens is 3. The van der Waals surface area contributed by atoms with Crippen molar-refractivity contribution in [2.24, 2.45) is 7.05 Å². The quantitative estimate of drug-likeness (QED) is 0.395. The van der Waals surface area contributed by atoms with Gasteiger partial charge < -0.3 is 18.9 Å². The van der Waals surface area contributed by atoms with E-state index in [0.717, 1.165) is 27.9 Å². The van der Waals surface area contributed by atoms with Gasteiger partial charge in [-0.15, -0.1) is 0 Å². The van der Waals surface area contributed by atoms with Crippen molar-refractivity contribution in [1.82, 2.24) is 19.0 Å². The summed E-state index contributed by atoms with van der Waals surface area (Å²) in [5.41, 5.74) is 3.24. The van der Waals surface area contributed by atoms with Crippen LogP contribution in [0.3, 0.4) is 0 Å². The lowest BCUT2D eigenvalue weighted by molar-refractivity contribution is 0.0137. The van der Waals surface area contributed by atoms with E-state index in [9.17, 15) is 9.59 Å². The molecule has 1 unspecified atom stereocenters. The summed E-state index contributed by atoms with van der Waals surface area (Å²) >= 11 is 0. The zero-order chi connectivity index (χ0) is 26.3. The van der Waals surface area contributed by atoms with Gasteiger partial charge in [-0.05, 0) is 51.5 Å². The van der Waals surface area contributed by atoms with Gasteiger partial charge in [0.1, 0.15) is 29.4 Å². The van der Waals surface area contributed by atoms with Crippen LogP contribution < -0.4 is 10.3 Å². The molecule has 5 rings (SSSR count). The highest BCUT2D eigenvalue weighted by atomic mass is 16.6. The third-order valence-electron chi connectivity index (χ3n) is 6.62. The van der Waals surface area contributed by atoms with E-state index < -0.39 is 5.60 Å². The second-order valence-electron chi connectivity index (χ2n) is 10.5. The largest absolute Gasteiger partial charge is 0.489 e. The summed E-state index contributed by atoms with van der Waals surface area (Å²) < 4.78 is 15.0. The fourth-order valence-electron chi connectivity index (χ4n) is 4.75. The molecule has 0 bridgehead atoms. The minimum atomic E-state index is -0.554. The van der Waals surface area contributed by atoms with Gasteiger partial charge in [-0.3, -0.25) is 9.36 Å². The first-order chi connectivity index (χ1) is 17.6. The number of hydrogen-bond acceptors (Lipinski definition) is 5. The number of aryl methyl sites for hydroxylation is 1. The number of carbonyl (C=O) groups is 1. The van der Waals surface area contributed by atoms with Gasteiger partial charge >= 0.3 is 6.09 Å². The van der Waals surface area contributed by atoms with E-state index in [1.54, 1.807) is 17.2 Å². The number of rotatable bonds is 4. The highest BCUT2D eigenvalue weighted by Crippen LogP contribution is 2.33.